The molecule has 0 spiro atoms. The lowest BCUT2D eigenvalue weighted by molar-refractivity contribution is -0.122. The lowest BCUT2D eigenvalue weighted by atomic mass is 9.96. The van der Waals surface area contributed by atoms with Crippen molar-refractivity contribution in [3.63, 3.8) is 0 Å². The SMILES string of the molecule is Cc1nc(C2CCN(C(=O)NCc3cncn3CC(C)C)CC2)n[nH]1.O=CO. The zero-order valence-corrected chi connectivity index (χ0v) is 16.6. The highest BCUT2D eigenvalue weighted by Crippen LogP contribution is 2.25. The van der Waals surface area contributed by atoms with Crippen molar-refractivity contribution in [2.45, 2.75) is 52.6 Å². The van der Waals surface area contributed by atoms with E-state index in [4.69, 9.17) is 9.90 Å². The minimum absolute atomic E-state index is 0.0121. The summed E-state index contributed by atoms with van der Waals surface area (Å²) in [6, 6.07) is -0.0121. The number of nitrogens with one attached hydrogen (secondary N) is 2. The van der Waals surface area contributed by atoms with E-state index in [1.54, 1.807) is 0 Å². The molecule has 2 amide bonds. The number of hydrogen-bond donors (Lipinski definition) is 3. The topological polar surface area (TPSA) is 129 Å². The summed E-state index contributed by atoms with van der Waals surface area (Å²) in [4.78, 5) is 31.3. The summed E-state index contributed by atoms with van der Waals surface area (Å²) >= 11 is 0. The maximum atomic E-state index is 12.4. The first-order valence-corrected chi connectivity index (χ1v) is 9.43. The van der Waals surface area contributed by atoms with Gasteiger partial charge in [0, 0.05) is 31.7 Å². The minimum Gasteiger partial charge on any atom is -0.483 e. The maximum absolute atomic E-state index is 12.4. The molecule has 0 aromatic carbocycles. The van der Waals surface area contributed by atoms with Crippen LogP contribution in [0.4, 0.5) is 4.79 Å². The molecule has 3 heterocycles. The molecule has 0 bridgehead atoms. The second-order valence-corrected chi connectivity index (χ2v) is 7.24. The number of urea groups is 1. The summed E-state index contributed by atoms with van der Waals surface area (Å²) in [6.45, 7) is 8.87. The third-order valence-electron chi connectivity index (χ3n) is 4.54. The summed E-state index contributed by atoms with van der Waals surface area (Å²) < 4.78 is 2.10. The van der Waals surface area contributed by atoms with Crippen molar-refractivity contribution in [3.05, 3.63) is 29.9 Å². The number of aromatic nitrogens is 5. The zero-order valence-electron chi connectivity index (χ0n) is 16.6. The first-order valence-electron chi connectivity index (χ1n) is 9.43. The molecule has 0 saturated carbocycles. The van der Waals surface area contributed by atoms with Crippen LogP contribution in [0.5, 0.6) is 0 Å². The summed E-state index contributed by atoms with van der Waals surface area (Å²) in [6.07, 6.45) is 5.44. The average Bonchev–Trinajstić information content (AvgIpc) is 3.29. The van der Waals surface area contributed by atoms with Crippen LogP contribution < -0.4 is 5.32 Å². The quantitative estimate of drug-likeness (QED) is 0.666. The van der Waals surface area contributed by atoms with Crippen molar-refractivity contribution in [2.75, 3.05) is 13.1 Å². The molecule has 10 nitrogen and oxygen atoms in total. The van der Waals surface area contributed by atoms with Gasteiger partial charge >= 0.3 is 6.03 Å². The minimum atomic E-state index is -0.250. The second-order valence-electron chi connectivity index (χ2n) is 7.24. The van der Waals surface area contributed by atoms with Crippen LogP contribution in [0.25, 0.3) is 0 Å². The van der Waals surface area contributed by atoms with E-state index in [2.05, 4.69) is 43.9 Å². The lowest BCUT2D eigenvalue weighted by Crippen LogP contribution is -2.44. The first kappa shape index (κ1) is 21.4. The van der Waals surface area contributed by atoms with Crippen molar-refractivity contribution >= 4 is 12.5 Å². The molecule has 0 unspecified atom stereocenters. The standard InChI is InChI=1S/C17H27N7O.CH2O2/c1-12(2)10-24-11-18-8-15(24)9-19-17(25)23-6-4-14(5-7-23)16-20-13(3)21-22-16;2-1-3/h8,11-12,14H,4-7,9-10H2,1-3H3,(H,19,25)(H,20,21,22);1H,(H,2,3). The fourth-order valence-corrected chi connectivity index (χ4v) is 3.21. The predicted molar refractivity (Wildman–Crippen MR) is 103 cm³/mol. The number of nitrogens with zero attached hydrogens (tertiary/aromatic N) is 5. The van der Waals surface area contributed by atoms with Gasteiger partial charge in [0.05, 0.1) is 18.6 Å². The normalized spacial score (nSPS) is 14.5. The summed E-state index contributed by atoms with van der Waals surface area (Å²) in [5.74, 6) is 2.59. The lowest BCUT2D eigenvalue weighted by Gasteiger charge is -2.30. The maximum Gasteiger partial charge on any atom is 0.317 e. The monoisotopic (exact) mass is 391 g/mol. The van der Waals surface area contributed by atoms with Gasteiger partial charge in [-0.25, -0.2) is 14.8 Å². The number of hydrogen-bond acceptors (Lipinski definition) is 5. The Labute approximate surface area is 164 Å². The van der Waals surface area contributed by atoms with Crippen molar-refractivity contribution in [3.8, 4) is 0 Å². The van der Waals surface area contributed by atoms with Gasteiger partial charge in [0.15, 0.2) is 5.82 Å². The number of carboxylic acid groups (broad SMARTS) is 1. The van der Waals surface area contributed by atoms with Gasteiger partial charge in [0.1, 0.15) is 5.82 Å². The number of H-pyrrole nitrogens is 1. The van der Waals surface area contributed by atoms with Crippen molar-refractivity contribution < 1.29 is 14.7 Å². The third-order valence-corrected chi connectivity index (χ3v) is 4.54. The number of piperidine rings is 1. The number of carbonyl (C=O) groups is 2. The number of aryl methyl sites for hydroxylation is 1. The van der Waals surface area contributed by atoms with E-state index < -0.39 is 0 Å². The molecule has 3 rings (SSSR count). The van der Waals surface area contributed by atoms with Gasteiger partial charge in [0.2, 0.25) is 0 Å². The molecule has 154 valence electrons. The molecule has 1 aliphatic rings. The van der Waals surface area contributed by atoms with Gasteiger partial charge in [-0.15, -0.1) is 0 Å². The van der Waals surface area contributed by atoms with Crippen LogP contribution >= 0.6 is 0 Å². The third kappa shape index (κ3) is 6.07. The molecule has 1 aliphatic heterocycles. The van der Waals surface area contributed by atoms with Crippen molar-refractivity contribution in [2.24, 2.45) is 5.92 Å². The van der Waals surface area contributed by atoms with Gasteiger partial charge < -0.3 is 19.9 Å². The van der Waals surface area contributed by atoms with Crippen LogP contribution in [0.2, 0.25) is 0 Å². The summed E-state index contributed by atoms with van der Waals surface area (Å²) in [5.41, 5.74) is 1.04. The number of carbonyl (C=O) groups excluding carboxylic acids is 1. The first-order chi connectivity index (χ1) is 13.4. The Balaban J connectivity index is 0.000000878. The highest BCUT2D eigenvalue weighted by atomic mass is 16.3. The van der Waals surface area contributed by atoms with E-state index in [9.17, 15) is 4.79 Å². The highest BCUT2D eigenvalue weighted by Gasteiger charge is 2.26. The largest absolute Gasteiger partial charge is 0.483 e. The highest BCUT2D eigenvalue weighted by molar-refractivity contribution is 5.74. The van der Waals surface area contributed by atoms with Gasteiger partial charge in [-0.05, 0) is 25.7 Å². The Hall–Kier alpha value is -2.91. The number of rotatable bonds is 5. The van der Waals surface area contributed by atoms with Crippen LogP contribution in [0, 0.1) is 12.8 Å². The Bertz CT molecular complexity index is 748. The molecule has 1 fully saturated rings. The van der Waals surface area contributed by atoms with Gasteiger partial charge in [-0.1, -0.05) is 13.8 Å². The number of likely N-dealkylation sites (tertiary alicyclic amines) is 1. The van der Waals surface area contributed by atoms with Crippen LogP contribution in [0.3, 0.4) is 0 Å². The Morgan fingerprint density at radius 1 is 1.43 bits per heavy atom. The van der Waals surface area contributed by atoms with E-state index in [0.717, 1.165) is 49.8 Å². The molecule has 28 heavy (non-hydrogen) atoms. The van der Waals surface area contributed by atoms with Crippen LogP contribution in [-0.4, -0.2) is 60.3 Å². The number of aromatic amines is 1. The van der Waals surface area contributed by atoms with Crippen molar-refractivity contribution in [1.29, 1.82) is 0 Å². The smallest absolute Gasteiger partial charge is 0.317 e. The van der Waals surface area contributed by atoms with E-state index >= 15 is 0 Å². The van der Waals surface area contributed by atoms with E-state index in [1.807, 2.05) is 24.3 Å². The van der Waals surface area contributed by atoms with Gasteiger partial charge in [0.25, 0.3) is 6.47 Å². The number of amides is 2. The zero-order chi connectivity index (χ0) is 20.5. The Morgan fingerprint density at radius 2 is 2.11 bits per heavy atom. The Morgan fingerprint density at radius 3 is 2.68 bits per heavy atom. The van der Waals surface area contributed by atoms with Gasteiger partial charge in [-0.2, -0.15) is 5.10 Å². The average molecular weight is 391 g/mol. The van der Waals surface area contributed by atoms with E-state index in [0.29, 0.717) is 18.4 Å². The summed E-state index contributed by atoms with van der Waals surface area (Å²) in [7, 11) is 0. The van der Waals surface area contributed by atoms with Crippen LogP contribution in [0.1, 0.15) is 49.9 Å². The molecule has 2 aromatic rings. The molecule has 1 saturated heterocycles. The second kappa shape index (κ2) is 10.4. The number of imidazole rings is 1. The summed E-state index contributed by atoms with van der Waals surface area (Å²) in [5, 5.41) is 17.0. The van der Waals surface area contributed by atoms with E-state index in [-0.39, 0.29) is 12.5 Å². The van der Waals surface area contributed by atoms with Crippen molar-refractivity contribution in [1.82, 2.24) is 34.9 Å². The van der Waals surface area contributed by atoms with Crippen LogP contribution in [-0.2, 0) is 17.9 Å². The molecule has 3 N–H and O–H groups in total. The fourth-order valence-electron chi connectivity index (χ4n) is 3.21. The van der Waals surface area contributed by atoms with Gasteiger partial charge in [-0.3, -0.25) is 9.89 Å². The fraction of sp³-hybridized carbons (Fsp3) is 0.611. The molecule has 0 aliphatic carbocycles. The molecule has 2 aromatic heterocycles. The molecular weight excluding hydrogens is 362 g/mol. The molecule has 0 radical (unpaired) electrons. The molecule has 0 atom stereocenters. The molecule has 10 heteroatoms. The predicted octanol–water partition coefficient (Wildman–Crippen LogP) is 1.76. The van der Waals surface area contributed by atoms with Crippen LogP contribution in [0.15, 0.2) is 12.5 Å². The molecular formula is C18H29N7O3. The van der Waals surface area contributed by atoms with E-state index in [1.165, 1.54) is 0 Å². The Kier molecular flexibility index (Phi) is 7.97.